The summed E-state index contributed by atoms with van der Waals surface area (Å²) in [6.07, 6.45) is 2.75. The number of aromatic nitrogens is 3. The minimum Gasteiger partial charge on any atom is -0.436 e. The second kappa shape index (κ2) is 13.5. The molecule has 2 aromatic carbocycles. The summed E-state index contributed by atoms with van der Waals surface area (Å²) in [5.41, 5.74) is 0.771. The van der Waals surface area contributed by atoms with Gasteiger partial charge in [0, 0.05) is 69.8 Å². The van der Waals surface area contributed by atoms with Gasteiger partial charge in [0.2, 0.25) is 11.7 Å². The third-order valence-electron chi connectivity index (χ3n) is 7.35. The van der Waals surface area contributed by atoms with Crippen LogP contribution in [0.4, 0.5) is 14.5 Å². The quantitative estimate of drug-likeness (QED) is 0.287. The van der Waals surface area contributed by atoms with E-state index in [-0.39, 0.29) is 39.6 Å². The fraction of sp³-hybridized carbons (Fsp3) is 0.290. The molecule has 0 unspecified atom stereocenters. The smallest absolute Gasteiger partial charge is 0.291 e. The van der Waals surface area contributed by atoms with Crippen LogP contribution in [0, 0.1) is 11.6 Å². The van der Waals surface area contributed by atoms with E-state index in [2.05, 4.69) is 25.1 Å². The number of imidazole rings is 1. The minimum atomic E-state index is -1.20. The monoisotopic (exact) mass is 623 g/mol. The Labute approximate surface area is 258 Å². The molecular weight excluding hydrogens is 592 g/mol. The highest BCUT2D eigenvalue weighted by atomic mass is 35.5. The van der Waals surface area contributed by atoms with Crippen LogP contribution in [0.3, 0.4) is 0 Å². The van der Waals surface area contributed by atoms with Crippen LogP contribution in [0.1, 0.15) is 21.0 Å². The van der Waals surface area contributed by atoms with Crippen LogP contribution in [0.2, 0.25) is 5.02 Å². The summed E-state index contributed by atoms with van der Waals surface area (Å²) >= 11 is 6.47. The molecule has 2 amide bonds. The normalized spacial score (nSPS) is 13.8. The zero-order valence-electron chi connectivity index (χ0n) is 24.6. The average Bonchev–Trinajstić information content (AvgIpc) is 3.40. The van der Waals surface area contributed by atoms with E-state index in [0.717, 1.165) is 26.2 Å². The van der Waals surface area contributed by atoms with Gasteiger partial charge in [0.05, 0.1) is 22.5 Å². The number of benzene rings is 2. The summed E-state index contributed by atoms with van der Waals surface area (Å²) in [6, 6.07) is 12.1. The number of halogens is 3. The molecule has 1 aliphatic rings. The Hall–Kier alpha value is -4.39. The Balaban J connectivity index is 1.24. The maximum Gasteiger partial charge on any atom is 0.291 e. The highest BCUT2D eigenvalue weighted by Gasteiger charge is 2.25. The molecule has 0 spiro atoms. The number of rotatable bonds is 9. The number of amides is 2. The summed E-state index contributed by atoms with van der Waals surface area (Å²) in [6.45, 7) is 4.69. The first kappa shape index (κ1) is 31.0. The van der Waals surface area contributed by atoms with E-state index in [1.165, 1.54) is 48.3 Å². The number of anilines is 1. The summed E-state index contributed by atoms with van der Waals surface area (Å²) in [5, 5.41) is 2.91. The van der Waals surface area contributed by atoms with E-state index in [4.69, 9.17) is 16.3 Å². The molecule has 230 valence electrons. The van der Waals surface area contributed by atoms with Gasteiger partial charge >= 0.3 is 0 Å². The maximum atomic E-state index is 15.1. The average molecular weight is 624 g/mol. The van der Waals surface area contributed by atoms with Gasteiger partial charge in [-0.25, -0.2) is 14.4 Å². The number of nitrogens with zero attached hydrogens (tertiary/aromatic N) is 6. The summed E-state index contributed by atoms with van der Waals surface area (Å²) in [5.74, 6) is -3.38. The number of carbonyl (C=O) groups excluding carboxylic acids is 2. The molecule has 0 radical (unpaired) electrons. The summed E-state index contributed by atoms with van der Waals surface area (Å²) in [4.78, 5) is 40.5. The second-order valence-electron chi connectivity index (χ2n) is 10.6. The fourth-order valence-corrected chi connectivity index (χ4v) is 5.10. The number of nitrogens with one attached hydrogen (secondary N) is 1. The maximum absolute atomic E-state index is 15.1. The molecule has 1 fully saturated rings. The van der Waals surface area contributed by atoms with Crippen molar-refractivity contribution in [2.45, 2.75) is 0 Å². The molecule has 0 bridgehead atoms. The van der Waals surface area contributed by atoms with Crippen LogP contribution < -0.4 is 10.1 Å². The number of hydrogen-bond donors (Lipinski definition) is 1. The number of hydrogen-bond acceptors (Lipinski definition) is 7. The van der Waals surface area contributed by atoms with Gasteiger partial charge in [-0.1, -0.05) is 17.7 Å². The van der Waals surface area contributed by atoms with Crippen molar-refractivity contribution in [3.8, 4) is 22.9 Å². The first-order valence-corrected chi connectivity index (χ1v) is 14.4. The number of likely N-dealkylation sites (N-methyl/N-ethyl adjacent to an activating group) is 1. The highest BCUT2D eigenvalue weighted by molar-refractivity contribution is 6.34. The fourth-order valence-electron chi connectivity index (χ4n) is 4.84. The molecule has 13 heteroatoms. The van der Waals surface area contributed by atoms with Gasteiger partial charge in [-0.05, 0) is 50.5 Å². The summed E-state index contributed by atoms with van der Waals surface area (Å²) < 4.78 is 36.7. The molecule has 44 heavy (non-hydrogen) atoms. The minimum absolute atomic E-state index is 0.0444. The first-order valence-electron chi connectivity index (χ1n) is 14.0. The van der Waals surface area contributed by atoms with Crippen molar-refractivity contribution in [2.75, 3.05) is 58.7 Å². The molecule has 0 saturated carbocycles. The Morgan fingerprint density at radius 2 is 1.80 bits per heavy atom. The van der Waals surface area contributed by atoms with Gasteiger partial charge in [-0.2, -0.15) is 4.39 Å². The second-order valence-corrected chi connectivity index (χ2v) is 11.0. The molecule has 1 saturated heterocycles. The lowest BCUT2D eigenvalue weighted by Gasteiger charge is -2.35. The lowest BCUT2D eigenvalue weighted by molar-refractivity contribution is 0.0630. The van der Waals surface area contributed by atoms with Crippen molar-refractivity contribution >= 4 is 29.1 Å². The Morgan fingerprint density at radius 3 is 2.48 bits per heavy atom. The Kier molecular flexibility index (Phi) is 9.52. The topological polar surface area (TPSA) is 95.8 Å². The molecule has 2 aromatic heterocycles. The zero-order valence-corrected chi connectivity index (χ0v) is 25.3. The van der Waals surface area contributed by atoms with Crippen LogP contribution in [0.25, 0.3) is 11.3 Å². The van der Waals surface area contributed by atoms with Crippen molar-refractivity contribution in [2.24, 2.45) is 7.05 Å². The molecule has 0 aliphatic carbocycles. The molecule has 5 rings (SSSR count). The van der Waals surface area contributed by atoms with Crippen molar-refractivity contribution < 1.29 is 23.1 Å². The molecule has 4 aromatic rings. The van der Waals surface area contributed by atoms with Gasteiger partial charge in [-0.15, -0.1) is 0 Å². The number of carbonyl (C=O) groups is 2. The molecule has 1 N–H and O–H groups in total. The van der Waals surface area contributed by atoms with Crippen LogP contribution in [0.15, 0.2) is 60.9 Å². The lowest BCUT2D eigenvalue weighted by Crippen LogP contribution is -2.50. The van der Waals surface area contributed by atoms with Crippen molar-refractivity contribution in [3.63, 3.8) is 0 Å². The van der Waals surface area contributed by atoms with Crippen molar-refractivity contribution in [1.82, 2.24) is 29.2 Å². The number of ether oxygens (including phenoxy) is 1. The lowest BCUT2D eigenvalue weighted by atomic mass is 10.1. The number of pyridine rings is 1. The Bertz CT molecular complexity index is 1660. The van der Waals surface area contributed by atoms with E-state index in [1.54, 1.807) is 29.2 Å². The SMILES string of the molecule is CN(C)CCN1CCN(C(=O)c2ccc(NC(=O)c3ncc(-c4ccc(Oc5ccccn5)c(F)c4F)n3C)cc2Cl)CC1. The molecule has 3 heterocycles. The zero-order chi connectivity index (χ0) is 31.4. The van der Waals surface area contributed by atoms with Crippen LogP contribution >= 0.6 is 11.6 Å². The third-order valence-corrected chi connectivity index (χ3v) is 7.66. The first-order chi connectivity index (χ1) is 21.1. The van der Waals surface area contributed by atoms with Crippen LogP contribution in [-0.2, 0) is 7.05 Å². The largest absolute Gasteiger partial charge is 0.436 e. The third kappa shape index (κ3) is 6.88. The molecule has 10 nitrogen and oxygen atoms in total. The van der Waals surface area contributed by atoms with Crippen LogP contribution in [-0.4, -0.2) is 94.4 Å². The van der Waals surface area contributed by atoms with E-state index >= 15 is 4.39 Å². The van der Waals surface area contributed by atoms with Gasteiger partial charge in [0.25, 0.3) is 11.8 Å². The van der Waals surface area contributed by atoms with E-state index in [0.29, 0.717) is 24.3 Å². The number of piperazine rings is 1. The van der Waals surface area contributed by atoms with Gasteiger partial charge in [0.1, 0.15) is 0 Å². The Morgan fingerprint density at radius 1 is 1.02 bits per heavy atom. The molecule has 1 aliphatic heterocycles. The van der Waals surface area contributed by atoms with E-state index < -0.39 is 17.5 Å². The van der Waals surface area contributed by atoms with Crippen molar-refractivity contribution in [1.29, 1.82) is 0 Å². The van der Waals surface area contributed by atoms with E-state index in [9.17, 15) is 14.0 Å². The van der Waals surface area contributed by atoms with Gasteiger partial charge in [-0.3, -0.25) is 14.5 Å². The predicted octanol–water partition coefficient (Wildman–Crippen LogP) is 4.78. The van der Waals surface area contributed by atoms with E-state index in [1.807, 2.05) is 14.1 Å². The van der Waals surface area contributed by atoms with Crippen molar-refractivity contribution in [3.05, 3.63) is 89.0 Å². The highest BCUT2D eigenvalue weighted by Crippen LogP contribution is 2.32. The predicted molar refractivity (Wildman–Crippen MR) is 163 cm³/mol. The van der Waals surface area contributed by atoms with Gasteiger partial charge < -0.3 is 24.4 Å². The summed E-state index contributed by atoms with van der Waals surface area (Å²) in [7, 11) is 5.58. The standard InChI is InChI=1S/C31H32ClF2N7O3/c1-38(2)12-13-40-14-16-41(17-15-40)31(43)21-8-7-20(18-23(21)32)37-30(42)29-36-19-24(39(29)3)22-9-10-25(28(34)27(22)33)44-26-6-4-5-11-35-26/h4-11,18-19H,12-17H2,1-3H3,(H,37,42). The molecule has 0 atom stereocenters. The molecular formula is C31H32ClF2N7O3. The van der Waals surface area contributed by atoms with Crippen LogP contribution in [0.5, 0.6) is 11.6 Å². The van der Waals surface area contributed by atoms with Gasteiger partial charge in [0.15, 0.2) is 17.4 Å².